The molecule has 100 valence electrons. The molecule has 0 radical (unpaired) electrons. The van der Waals surface area contributed by atoms with Gasteiger partial charge in [-0.1, -0.05) is 35.9 Å². The number of rotatable bonds is 3. The summed E-state index contributed by atoms with van der Waals surface area (Å²) in [4.78, 5) is 4.38. The third kappa shape index (κ3) is 4.00. The molecule has 0 fully saturated rings. The lowest BCUT2D eigenvalue weighted by molar-refractivity contribution is 0.415. The van der Waals surface area contributed by atoms with Crippen LogP contribution in [0.25, 0.3) is 0 Å². The van der Waals surface area contributed by atoms with Crippen LogP contribution in [0.15, 0.2) is 53.5 Å². The van der Waals surface area contributed by atoms with Crippen molar-refractivity contribution in [3.05, 3.63) is 59.7 Å². The minimum absolute atomic E-state index is 0. The van der Waals surface area contributed by atoms with Gasteiger partial charge in [0.1, 0.15) is 11.6 Å². The second-order valence-electron chi connectivity index (χ2n) is 4.06. The lowest BCUT2D eigenvalue weighted by Crippen LogP contribution is -2.12. The highest BCUT2D eigenvalue weighted by Crippen LogP contribution is 2.20. The molecule has 0 aliphatic rings. The van der Waals surface area contributed by atoms with E-state index in [1.807, 2.05) is 55.5 Å². The zero-order valence-electron chi connectivity index (χ0n) is 11.0. The Morgan fingerprint density at radius 1 is 1.11 bits per heavy atom. The van der Waals surface area contributed by atoms with Crippen molar-refractivity contribution in [2.24, 2.45) is 10.7 Å². The molecule has 0 aliphatic heterocycles. The van der Waals surface area contributed by atoms with Crippen molar-refractivity contribution in [2.75, 3.05) is 7.11 Å². The normalized spacial score (nSPS) is 10.7. The monoisotopic (exact) mass is 276 g/mol. The maximum atomic E-state index is 5.98. The molecule has 2 aromatic carbocycles. The van der Waals surface area contributed by atoms with Crippen LogP contribution >= 0.6 is 12.4 Å². The first-order valence-electron chi connectivity index (χ1n) is 5.74. The fourth-order valence-corrected chi connectivity index (χ4v) is 1.61. The molecule has 0 saturated carbocycles. The summed E-state index contributed by atoms with van der Waals surface area (Å²) in [5.74, 6) is 1.27. The molecule has 3 nitrogen and oxygen atoms in total. The molecule has 0 saturated heterocycles. The van der Waals surface area contributed by atoms with Crippen LogP contribution in [0.4, 0.5) is 5.69 Å². The van der Waals surface area contributed by atoms with E-state index in [2.05, 4.69) is 4.99 Å². The molecule has 0 unspecified atom stereocenters. The second-order valence-corrected chi connectivity index (χ2v) is 4.06. The number of methoxy groups -OCH3 is 1. The molecule has 4 heteroatoms. The maximum absolute atomic E-state index is 5.98. The van der Waals surface area contributed by atoms with E-state index in [4.69, 9.17) is 10.5 Å². The average Bonchev–Trinajstić information content (AvgIpc) is 2.39. The molecular weight excluding hydrogens is 260 g/mol. The van der Waals surface area contributed by atoms with Crippen LogP contribution < -0.4 is 10.5 Å². The Hall–Kier alpha value is -2.00. The highest BCUT2D eigenvalue weighted by Gasteiger charge is 1.99. The lowest BCUT2D eigenvalue weighted by Gasteiger charge is -2.03. The van der Waals surface area contributed by atoms with Crippen LogP contribution in [0.3, 0.4) is 0 Å². The largest absolute Gasteiger partial charge is 0.497 e. The maximum Gasteiger partial charge on any atom is 0.131 e. The standard InChI is InChI=1S/C15H16N2O.ClH/c1-11-6-8-12(9-7-11)15(16)17-13-4-3-5-14(10-13)18-2;/h3-10H,1-2H3,(H2,16,17);1H. The summed E-state index contributed by atoms with van der Waals surface area (Å²) in [7, 11) is 1.63. The van der Waals surface area contributed by atoms with E-state index in [0.717, 1.165) is 17.0 Å². The van der Waals surface area contributed by atoms with Crippen molar-refractivity contribution in [2.45, 2.75) is 6.92 Å². The van der Waals surface area contributed by atoms with Gasteiger partial charge in [0.05, 0.1) is 12.8 Å². The van der Waals surface area contributed by atoms with Crippen LogP contribution in [0.1, 0.15) is 11.1 Å². The fourth-order valence-electron chi connectivity index (χ4n) is 1.61. The Labute approximate surface area is 119 Å². The summed E-state index contributed by atoms with van der Waals surface area (Å²) >= 11 is 0. The van der Waals surface area contributed by atoms with Gasteiger partial charge in [-0.3, -0.25) is 0 Å². The quantitative estimate of drug-likeness (QED) is 0.689. The Morgan fingerprint density at radius 3 is 2.42 bits per heavy atom. The number of benzene rings is 2. The van der Waals surface area contributed by atoms with E-state index in [0.29, 0.717) is 5.84 Å². The highest BCUT2D eigenvalue weighted by molar-refractivity contribution is 5.99. The van der Waals surface area contributed by atoms with E-state index < -0.39 is 0 Å². The third-order valence-corrected chi connectivity index (χ3v) is 2.65. The Bertz CT molecular complexity index is 565. The minimum Gasteiger partial charge on any atom is -0.497 e. The Kier molecular flexibility index (Phi) is 5.39. The van der Waals surface area contributed by atoms with Gasteiger partial charge in [0.15, 0.2) is 0 Å². The van der Waals surface area contributed by atoms with Crippen molar-refractivity contribution < 1.29 is 4.74 Å². The molecule has 2 rings (SSSR count). The number of nitrogens with two attached hydrogens (primary N) is 1. The van der Waals surface area contributed by atoms with E-state index in [-0.39, 0.29) is 12.4 Å². The molecule has 0 heterocycles. The predicted molar refractivity (Wildman–Crippen MR) is 81.8 cm³/mol. The van der Waals surface area contributed by atoms with Crippen LogP contribution in [0.2, 0.25) is 0 Å². The van der Waals surface area contributed by atoms with E-state index >= 15 is 0 Å². The molecule has 0 bridgehead atoms. The van der Waals surface area contributed by atoms with Gasteiger partial charge in [-0.2, -0.15) is 0 Å². The predicted octanol–water partition coefficient (Wildman–Crippen LogP) is 3.46. The number of amidine groups is 1. The second kappa shape index (κ2) is 6.81. The molecule has 0 aromatic heterocycles. The summed E-state index contributed by atoms with van der Waals surface area (Å²) in [5.41, 5.74) is 8.88. The fraction of sp³-hybridized carbons (Fsp3) is 0.133. The van der Waals surface area contributed by atoms with Crippen molar-refractivity contribution in [3.8, 4) is 5.75 Å². The Balaban J connectivity index is 0.00000180. The SMILES string of the molecule is COc1cccc(N=C(N)c2ccc(C)cc2)c1.Cl. The van der Waals surface area contributed by atoms with Gasteiger partial charge in [0.25, 0.3) is 0 Å². The van der Waals surface area contributed by atoms with Gasteiger partial charge in [0, 0.05) is 11.6 Å². The number of halogens is 1. The Morgan fingerprint density at radius 2 is 1.79 bits per heavy atom. The minimum atomic E-state index is 0. The summed E-state index contributed by atoms with van der Waals surface area (Å²) in [6.45, 7) is 2.04. The molecule has 0 atom stereocenters. The van der Waals surface area contributed by atoms with E-state index in [1.54, 1.807) is 7.11 Å². The topological polar surface area (TPSA) is 47.6 Å². The summed E-state index contributed by atoms with van der Waals surface area (Å²) in [6.07, 6.45) is 0. The first-order valence-corrected chi connectivity index (χ1v) is 5.74. The van der Waals surface area contributed by atoms with Crippen LogP contribution in [0.5, 0.6) is 5.75 Å². The van der Waals surface area contributed by atoms with Crippen molar-refractivity contribution >= 4 is 23.9 Å². The molecule has 0 aliphatic carbocycles. The summed E-state index contributed by atoms with van der Waals surface area (Å²) in [5, 5.41) is 0. The molecule has 19 heavy (non-hydrogen) atoms. The number of hydrogen-bond donors (Lipinski definition) is 1. The molecule has 0 amide bonds. The molecule has 2 aromatic rings. The van der Waals surface area contributed by atoms with Crippen molar-refractivity contribution in [1.29, 1.82) is 0 Å². The van der Waals surface area contributed by atoms with Gasteiger partial charge in [-0.15, -0.1) is 12.4 Å². The first kappa shape index (κ1) is 15.1. The van der Waals surface area contributed by atoms with Crippen LogP contribution in [0, 0.1) is 6.92 Å². The van der Waals surface area contributed by atoms with Gasteiger partial charge >= 0.3 is 0 Å². The number of aliphatic imine (C=N–C) groups is 1. The van der Waals surface area contributed by atoms with Crippen LogP contribution in [-0.2, 0) is 0 Å². The third-order valence-electron chi connectivity index (χ3n) is 2.65. The number of hydrogen-bond acceptors (Lipinski definition) is 2. The number of ether oxygens (including phenoxy) is 1. The van der Waals surface area contributed by atoms with Gasteiger partial charge in [0.2, 0.25) is 0 Å². The van der Waals surface area contributed by atoms with Gasteiger partial charge in [-0.25, -0.2) is 4.99 Å². The summed E-state index contributed by atoms with van der Waals surface area (Å²) in [6, 6.07) is 15.5. The number of aryl methyl sites for hydroxylation is 1. The van der Waals surface area contributed by atoms with Crippen molar-refractivity contribution in [3.63, 3.8) is 0 Å². The van der Waals surface area contributed by atoms with E-state index in [9.17, 15) is 0 Å². The average molecular weight is 277 g/mol. The summed E-state index contributed by atoms with van der Waals surface area (Å²) < 4.78 is 5.15. The van der Waals surface area contributed by atoms with Gasteiger partial charge in [-0.05, 0) is 19.1 Å². The molecule has 2 N–H and O–H groups in total. The highest BCUT2D eigenvalue weighted by atomic mass is 35.5. The zero-order valence-corrected chi connectivity index (χ0v) is 11.8. The first-order chi connectivity index (χ1) is 8.69. The van der Waals surface area contributed by atoms with Crippen LogP contribution in [-0.4, -0.2) is 12.9 Å². The zero-order chi connectivity index (χ0) is 13.0. The van der Waals surface area contributed by atoms with Gasteiger partial charge < -0.3 is 10.5 Å². The van der Waals surface area contributed by atoms with Crippen molar-refractivity contribution in [1.82, 2.24) is 0 Å². The molecular formula is C15H17ClN2O. The number of nitrogens with zero attached hydrogens (tertiary/aromatic N) is 1. The lowest BCUT2D eigenvalue weighted by atomic mass is 10.1. The molecule has 0 spiro atoms. The van der Waals surface area contributed by atoms with E-state index in [1.165, 1.54) is 5.56 Å². The smallest absolute Gasteiger partial charge is 0.131 e.